The Morgan fingerprint density at radius 3 is 1.71 bits per heavy atom. The third-order valence-electron chi connectivity index (χ3n) is 16.3. The molecule has 1 heterocycles. The summed E-state index contributed by atoms with van der Waals surface area (Å²) in [6, 6.07) is 97.6. The fourth-order valence-electron chi connectivity index (χ4n) is 13.1. The van der Waals surface area contributed by atoms with E-state index in [0.717, 1.165) is 22.7 Å². The molecule has 11 aromatic carbocycles. The molecule has 0 N–H and O–H groups in total. The summed E-state index contributed by atoms with van der Waals surface area (Å²) in [5, 5.41) is 5.13. The van der Waals surface area contributed by atoms with Crippen LogP contribution in [0.3, 0.4) is 0 Å². The summed E-state index contributed by atoms with van der Waals surface area (Å²) in [4.78, 5) is 2.56. The number of fused-ring (bicyclic) bond motifs is 7. The molecule has 0 amide bonds. The SMILES string of the molecule is c1ccc(-n2c3ccccc3c3cc(N(c4ccccc4-c4ccc5c(c4)C(c4ccccc4)(c4ccccc4)c4ccccc4-5)c4ccccc4-c4cccc5cccc(C6CCCCC6)c45)ccc32)cc1. The standard InChI is InChI=1S/C71H54N2/c1-5-23-49(24-6-1)57-37-21-25-50-26-22-38-62(70(50)57)60-35-15-19-41-67(60)73(55-44-46-69-63(48-55)61-36-16-20-42-68(61)72(69)54-31-11-4-12-32-54)66-40-18-14-33-56(66)51-43-45-59-58-34-13-17-39-64(58)71(65(59)47-51,52-27-7-2-8-28-52)53-29-9-3-10-30-53/h2-4,7-22,25-49H,1,5-6,23-24H2. The lowest BCUT2D eigenvalue weighted by molar-refractivity contribution is 0.445. The second-order valence-corrected chi connectivity index (χ2v) is 20.1. The Morgan fingerprint density at radius 2 is 0.959 bits per heavy atom. The topological polar surface area (TPSA) is 8.17 Å². The van der Waals surface area contributed by atoms with E-state index < -0.39 is 5.41 Å². The average Bonchev–Trinajstić information content (AvgIpc) is 3.96. The summed E-state index contributed by atoms with van der Waals surface area (Å²) in [5.74, 6) is 0.553. The van der Waals surface area contributed by atoms with Crippen LogP contribution >= 0.6 is 0 Å². The third-order valence-corrected chi connectivity index (χ3v) is 16.3. The van der Waals surface area contributed by atoms with Crippen LogP contribution in [0.2, 0.25) is 0 Å². The minimum Gasteiger partial charge on any atom is -0.309 e. The van der Waals surface area contributed by atoms with Crippen LogP contribution in [0, 0.1) is 0 Å². The van der Waals surface area contributed by atoms with Gasteiger partial charge in [0.2, 0.25) is 0 Å². The van der Waals surface area contributed by atoms with Crippen molar-refractivity contribution in [2.24, 2.45) is 0 Å². The molecule has 0 bridgehead atoms. The van der Waals surface area contributed by atoms with Crippen molar-refractivity contribution < 1.29 is 0 Å². The Labute approximate surface area is 428 Å². The molecule has 0 saturated heterocycles. The smallest absolute Gasteiger partial charge is 0.0713 e. The van der Waals surface area contributed by atoms with Crippen LogP contribution in [-0.2, 0) is 5.41 Å². The number of aromatic nitrogens is 1. The molecule has 73 heavy (non-hydrogen) atoms. The molecule has 0 aliphatic heterocycles. The molecule has 2 heteroatoms. The van der Waals surface area contributed by atoms with E-state index in [1.807, 2.05) is 0 Å². The largest absolute Gasteiger partial charge is 0.309 e. The van der Waals surface area contributed by atoms with Gasteiger partial charge in [0.15, 0.2) is 0 Å². The van der Waals surface area contributed by atoms with E-state index in [1.165, 1.54) is 126 Å². The number of rotatable bonds is 9. The molecule has 0 radical (unpaired) electrons. The van der Waals surface area contributed by atoms with Gasteiger partial charge in [0.1, 0.15) is 0 Å². The molecule has 2 aliphatic carbocycles. The molecule has 1 saturated carbocycles. The van der Waals surface area contributed by atoms with Crippen molar-refractivity contribution in [1.82, 2.24) is 4.57 Å². The zero-order chi connectivity index (χ0) is 48.3. The highest BCUT2D eigenvalue weighted by Gasteiger charge is 2.46. The molecule has 14 rings (SSSR count). The van der Waals surface area contributed by atoms with Gasteiger partial charge in [-0.3, -0.25) is 0 Å². The highest BCUT2D eigenvalue weighted by Crippen LogP contribution is 2.57. The predicted octanol–water partition coefficient (Wildman–Crippen LogP) is 19.2. The number of para-hydroxylation sites is 4. The van der Waals surface area contributed by atoms with Crippen molar-refractivity contribution in [3.05, 3.63) is 289 Å². The van der Waals surface area contributed by atoms with Gasteiger partial charge >= 0.3 is 0 Å². The Morgan fingerprint density at radius 1 is 0.384 bits per heavy atom. The molecule has 2 nitrogen and oxygen atoms in total. The van der Waals surface area contributed by atoms with Crippen LogP contribution < -0.4 is 4.90 Å². The lowest BCUT2D eigenvalue weighted by Crippen LogP contribution is -2.28. The molecular formula is C71H54N2. The van der Waals surface area contributed by atoms with E-state index in [1.54, 1.807) is 0 Å². The van der Waals surface area contributed by atoms with E-state index >= 15 is 0 Å². The van der Waals surface area contributed by atoms with Crippen molar-refractivity contribution in [2.45, 2.75) is 43.4 Å². The van der Waals surface area contributed by atoms with E-state index in [9.17, 15) is 0 Å². The maximum atomic E-state index is 2.56. The van der Waals surface area contributed by atoms with Gasteiger partial charge in [0.25, 0.3) is 0 Å². The second kappa shape index (κ2) is 17.8. The highest BCUT2D eigenvalue weighted by atomic mass is 15.1. The summed E-state index contributed by atoms with van der Waals surface area (Å²) < 4.78 is 2.41. The third kappa shape index (κ3) is 6.92. The first-order valence-electron chi connectivity index (χ1n) is 26.2. The Hall–Kier alpha value is -8.72. The molecule has 2 aliphatic rings. The van der Waals surface area contributed by atoms with Gasteiger partial charge in [-0.1, -0.05) is 226 Å². The molecule has 348 valence electrons. The predicted molar refractivity (Wildman–Crippen MR) is 307 cm³/mol. The minimum absolute atomic E-state index is 0.520. The lowest BCUT2D eigenvalue weighted by Gasteiger charge is -2.34. The number of anilines is 3. The fraction of sp³-hybridized carbons (Fsp3) is 0.0986. The number of hydrogen-bond donors (Lipinski definition) is 0. The monoisotopic (exact) mass is 934 g/mol. The van der Waals surface area contributed by atoms with Crippen molar-refractivity contribution in [1.29, 1.82) is 0 Å². The Kier molecular flexibility index (Phi) is 10.5. The van der Waals surface area contributed by atoms with Gasteiger partial charge in [0.05, 0.1) is 27.8 Å². The van der Waals surface area contributed by atoms with Crippen molar-refractivity contribution in [3.8, 4) is 39.1 Å². The minimum atomic E-state index is -0.520. The van der Waals surface area contributed by atoms with Crippen molar-refractivity contribution >= 4 is 49.6 Å². The number of benzene rings is 11. The maximum Gasteiger partial charge on any atom is 0.0713 e. The van der Waals surface area contributed by atoms with Gasteiger partial charge in [-0.25, -0.2) is 0 Å². The number of nitrogens with zero attached hydrogens (tertiary/aromatic N) is 2. The Bertz CT molecular complexity index is 3970. The fourth-order valence-corrected chi connectivity index (χ4v) is 13.1. The molecule has 1 aromatic heterocycles. The van der Waals surface area contributed by atoms with Crippen molar-refractivity contribution in [3.63, 3.8) is 0 Å². The molecular weight excluding hydrogens is 881 g/mol. The zero-order valence-electron chi connectivity index (χ0n) is 40.8. The van der Waals surface area contributed by atoms with Crippen LogP contribution in [0.5, 0.6) is 0 Å². The van der Waals surface area contributed by atoms with Crippen LogP contribution in [0.15, 0.2) is 261 Å². The second-order valence-electron chi connectivity index (χ2n) is 20.1. The van der Waals surface area contributed by atoms with Gasteiger partial charge in [-0.2, -0.15) is 0 Å². The van der Waals surface area contributed by atoms with Gasteiger partial charge in [-0.15, -0.1) is 0 Å². The quantitative estimate of drug-likeness (QED) is 0.140. The maximum absolute atomic E-state index is 2.56. The van der Waals surface area contributed by atoms with Gasteiger partial charge in [0, 0.05) is 33.3 Å². The van der Waals surface area contributed by atoms with Crippen LogP contribution in [-0.4, -0.2) is 4.57 Å². The van der Waals surface area contributed by atoms with E-state index in [4.69, 9.17) is 0 Å². The molecule has 1 fully saturated rings. The van der Waals surface area contributed by atoms with Crippen LogP contribution in [0.4, 0.5) is 17.1 Å². The average molecular weight is 935 g/mol. The summed E-state index contributed by atoms with van der Waals surface area (Å²) in [6.45, 7) is 0. The first-order valence-corrected chi connectivity index (χ1v) is 26.2. The number of hydrogen-bond acceptors (Lipinski definition) is 1. The van der Waals surface area contributed by atoms with Crippen LogP contribution in [0.25, 0.3) is 71.6 Å². The summed E-state index contributed by atoms with van der Waals surface area (Å²) >= 11 is 0. The highest BCUT2D eigenvalue weighted by molar-refractivity contribution is 6.11. The molecule has 0 spiro atoms. The van der Waals surface area contributed by atoms with Gasteiger partial charge in [-0.05, 0) is 134 Å². The van der Waals surface area contributed by atoms with E-state index in [0.29, 0.717) is 5.92 Å². The van der Waals surface area contributed by atoms with E-state index in [2.05, 4.69) is 270 Å². The summed E-state index contributed by atoms with van der Waals surface area (Å²) in [5.41, 5.74) is 20.4. The molecule has 0 atom stereocenters. The van der Waals surface area contributed by atoms with E-state index in [-0.39, 0.29) is 0 Å². The zero-order valence-corrected chi connectivity index (χ0v) is 40.8. The summed E-state index contributed by atoms with van der Waals surface area (Å²) in [7, 11) is 0. The first kappa shape index (κ1) is 43.1. The Balaban J connectivity index is 1.03. The first-order chi connectivity index (χ1) is 36.3. The lowest BCUT2D eigenvalue weighted by atomic mass is 9.67. The van der Waals surface area contributed by atoms with Gasteiger partial charge < -0.3 is 9.47 Å². The molecule has 0 unspecified atom stereocenters. The summed E-state index contributed by atoms with van der Waals surface area (Å²) in [6.07, 6.45) is 6.40. The molecule has 12 aromatic rings. The van der Waals surface area contributed by atoms with Crippen molar-refractivity contribution in [2.75, 3.05) is 4.90 Å². The van der Waals surface area contributed by atoms with Crippen LogP contribution in [0.1, 0.15) is 65.8 Å². The normalized spacial score (nSPS) is 14.1.